The molecule has 0 spiro atoms. The average molecular weight is 226 g/mol. The SMILES string of the molecule is NNc1nccnc1-c1cn2ccccc2n1. The summed E-state index contributed by atoms with van der Waals surface area (Å²) >= 11 is 0. The Hall–Kier alpha value is -2.47. The number of anilines is 1. The highest BCUT2D eigenvalue weighted by atomic mass is 15.3. The van der Waals surface area contributed by atoms with Crippen LogP contribution < -0.4 is 11.3 Å². The Morgan fingerprint density at radius 2 is 2.06 bits per heavy atom. The molecule has 3 aromatic rings. The van der Waals surface area contributed by atoms with Crippen LogP contribution in [-0.4, -0.2) is 19.4 Å². The Morgan fingerprint density at radius 1 is 1.18 bits per heavy atom. The van der Waals surface area contributed by atoms with E-state index in [1.54, 1.807) is 12.4 Å². The fourth-order valence-electron chi connectivity index (χ4n) is 1.68. The van der Waals surface area contributed by atoms with Crippen LogP contribution in [0.25, 0.3) is 17.0 Å². The van der Waals surface area contributed by atoms with Crippen molar-refractivity contribution in [3.05, 3.63) is 43.0 Å². The van der Waals surface area contributed by atoms with Gasteiger partial charge in [-0.2, -0.15) is 0 Å². The molecule has 3 N–H and O–H groups in total. The largest absolute Gasteiger partial charge is 0.307 e. The minimum absolute atomic E-state index is 0.510. The van der Waals surface area contributed by atoms with Crippen molar-refractivity contribution < 1.29 is 0 Å². The monoisotopic (exact) mass is 226 g/mol. The van der Waals surface area contributed by atoms with Gasteiger partial charge in [0.15, 0.2) is 5.82 Å². The zero-order valence-corrected chi connectivity index (χ0v) is 8.91. The molecule has 0 unspecified atom stereocenters. The highest BCUT2D eigenvalue weighted by Crippen LogP contribution is 2.21. The number of nitrogens with one attached hydrogen (secondary N) is 1. The summed E-state index contributed by atoms with van der Waals surface area (Å²) in [5.74, 6) is 5.91. The predicted molar refractivity (Wildman–Crippen MR) is 64.0 cm³/mol. The van der Waals surface area contributed by atoms with Crippen molar-refractivity contribution in [2.24, 2.45) is 5.84 Å². The van der Waals surface area contributed by atoms with Crippen molar-refractivity contribution in [3.8, 4) is 11.4 Å². The van der Waals surface area contributed by atoms with E-state index in [9.17, 15) is 0 Å². The highest BCUT2D eigenvalue weighted by Gasteiger charge is 2.10. The van der Waals surface area contributed by atoms with Gasteiger partial charge in [-0.3, -0.25) is 0 Å². The number of nitrogens with zero attached hydrogens (tertiary/aromatic N) is 4. The molecule has 0 aliphatic heterocycles. The molecule has 0 aromatic carbocycles. The van der Waals surface area contributed by atoms with Gasteiger partial charge in [-0.05, 0) is 12.1 Å². The Labute approximate surface area is 97.1 Å². The van der Waals surface area contributed by atoms with E-state index in [0.717, 1.165) is 11.3 Å². The zero-order valence-electron chi connectivity index (χ0n) is 8.91. The maximum atomic E-state index is 5.40. The van der Waals surface area contributed by atoms with E-state index in [2.05, 4.69) is 20.4 Å². The number of rotatable bonds is 2. The molecule has 84 valence electrons. The van der Waals surface area contributed by atoms with Gasteiger partial charge in [0.2, 0.25) is 0 Å². The van der Waals surface area contributed by atoms with E-state index in [-0.39, 0.29) is 0 Å². The smallest absolute Gasteiger partial charge is 0.168 e. The molecule has 3 heterocycles. The summed E-state index contributed by atoms with van der Waals surface area (Å²) in [6.07, 6.45) is 7.01. The molecule has 0 saturated carbocycles. The Kier molecular flexibility index (Phi) is 2.20. The van der Waals surface area contributed by atoms with Gasteiger partial charge in [-0.25, -0.2) is 20.8 Å². The number of hydrogen-bond donors (Lipinski definition) is 2. The molecule has 3 rings (SSSR count). The number of fused-ring (bicyclic) bond motifs is 1. The van der Waals surface area contributed by atoms with E-state index in [1.165, 1.54) is 0 Å². The van der Waals surface area contributed by atoms with Crippen molar-refractivity contribution in [2.75, 3.05) is 5.43 Å². The number of nitrogens with two attached hydrogens (primary N) is 1. The van der Waals surface area contributed by atoms with Crippen molar-refractivity contribution in [1.82, 2.24) is 19.4 Å². The normalized spacial score (nSPS) is 10.6. The first-order valence-electron chi connectivity index (χ1n) is 5.10. The van der Waals surface area contributed by atoms with E-state index in [4.69, 9.17) is 5.84 Å². The molecule has 17 heavy (non-hydrogen) atoms. The van der Waals surface area contributed by atoms with Crippen LogP contribution in [0.4, 0.5) is 5.82 Å². The first-order chi connectivity index (χ1) is 8.38. The summed E-state index contributed by atoms with van der Waals surface area (Å²) in [5.41, 5.74) is 4.74. The lowest BCUT2D eigenvalue weighted by atomic mass is 10.3. The second-order valence-corrected chi connectivity index (χ2v) is 3.49. The quantitative estimate of drug-likeness (QED) is 0.504. The number of imidazole rings is 1. The van der Waals surface area contributed by atoms with Crippen molar-refractivity contribution in [1.29, 1.82) is 0 Å². The fraction of sp³-hybridized carbons (Fsp3) is 0. The first kappa shape index (κ1) is 9.73. The summed E-state index contributed by atoms with van der Waals surface area (Å²) in [6.45, 7) is 0. The molecule has 0 radical (unpaired) electrons. The molecular weight excluding hydrogens is 216 g/mol. The van der Waals surface area contributed by atoms with Crippen LogP contribution >= 0.6 is 0 Å². The number of nitrogen functional groups attached to an aromatic ring is 1. The number of hydrazine groups is 1. The predicted octanol–water partition coefficient (Wildman–Crippen LogP) is 1.08. The molecule has 0 amide bonds. The van der Waals surface area contributed by atoms with E-state index < -0.39 is 0 Å². The summed E-state index contributed by atoms with van der Waals surface area (Å²) in [6, 6.07) is 5.80. The van der Waals surface area contributed by atoms with Crippen molar-refractivity contribution in [2.45, 2.75) is 0 Å². The lowest BCUT2D eigenvalue weighted by Crippen LogP contribution is -2.10. The van der Waals surface area contributed by atoms with Crippen molar-refractivity contribution >= 4 is 11.5 Å². The maximum Gasteiger partial charge on any atom is 0.168 e. The van der Waals surface area contributed by atoms with Gasteiger partial charge < -0.3 is 9.83 Å². The minimum atomic E-state index is 0.510. The lowest BCUT2D eigenvalue weighted by molar-refractivity contribution is 1.15. The van der Waals surface area contributed by atoms with Gasteiger partial charge in [0.25, 0.3) is 0 Å². The van der Waals surface area contributed by atoms with Gasteiger partial charge in [0.05, 0.1) is 0 Å². The maximum absolute atomic E-state index is 5.40. The molecule has 0 bridgehead atoms. The highest BCUT2D eigenvalue weighted by molar-refractivity contribution is 5.69. The molecule has 0 aliphatic rings. The molecule has 3 aromatic heterocycles. The second kappa shape index (κ2) is 3.84. The van der Waals surface area contributed by atoms with Gasteiger partial charge in [-0.15, -0.1) is 0 Å². The Morgan fingerprint density at radius 3 is 2.88 bits per heavy atom. The second-order valence-electron chi connectivity index (χ2n) is 3.49. The molecule has 6 heteroatoms. The van der Waals surface area contributed by atoms with Crippen LogP contribution in [0.15, 0.2) is 43.0 Å². The van der Waals surface area contributed by atoms with Gasteiger partial charge in [0, 0.05) is 24.8 Å². The summed E-state index contributed by atoms with van der Waals surface area (Å²) < 4.78 is 1.92. The van der Waals surface area contributed by atoms with Crippen LogP contribution in [0.3, 0.4) is 0 Å². The van der Waals surface area contributed by atoms with Gasteiger partial charge in [-0.1, -0.05) is 6.07 Å². The first-order valence-corrected chi connectivity index (χ1v) is 5.10. The third kappa shape index (κ3) is 1.60. The molecule has 0 aliphatic carbocycles. The molecule has 0 fully saturated rings. The molecule has 0 atom stereocenters. The molecular formula is C11H10N6. The van der Waals surface area contributed by atoms with Crippen LogP contribution in [0.2, 0.25) is 0 Å². The number of hydrogen-bond acceptors (Lipinski definition) is 5. The molecule has 0 saturated heterocycles. The van der Waals surface area contributed by atoms with E-state index in [0.29, 0.717) is 11.5 Å². The minimum Gasteiger partial charge on any atom is -0.307 e. The van der Waals surface area contributed by atoms with Crippen molar-refractivity contribution in [3.63, 3.8) is 0 Å². The van der Waals surface area contributed by atoms with Gasteiger partial charge >= 0.3 is 0 Å². The van der Waals surface area contributed by atoms with Gasteiger partial charge in [0.1, 0.15) is 17.0 Å². The van der Waals surface area contributed by atoms with Crippen LogP contribution in [0.5, 0.6) is 0 Å². The standard InChI is InChI=1S/C11H10N6/c12-16-11-10(13-4-5-14-11)8-7-17-6-2-1-3-9(17)15-8/h1-7H,12H2,(H,14,16). The fourth-order valence-corrected chi connectivity index (χ4v) is 1.68. The summed E-state index contributed by atoms with van der Waals surface area (Å²) in [7, 11) is 0. The molecule has 6 nitrogen and oxygen atoms in total. The average Bonchev–Trinajstić information content (AvgIpc) is 2.82. The summed E-state index contributed by atoms with van der Waals surface area (Å²) in [5, 5.41) is 0. The zero-order chi connectivity index (χ0) is 11.7. The lowest BCUT2D eigenvalue weighted by Gasteiger charge is -2.02. The third-order valence-electron chi connectivity index (χ3n) is 2.44. The number of pyridine rings is 1. The van der Waals surface area contributed by atoms with Crippen LogP contribution in [-0.2, 0) is 0 Å². The number of aromatic nitrogens is 4. The van der Waals surface area contributed by atoms with Crippen LogP contribution in [0, 0.1) is 0 Å². The topological polar surface area (TPSA) is 81.1 Å². The Bertz CT molecular complexity index is 627. The van der Waals surface area contributed by atoms with E-state index >= 15 is 0 Å². The van der Waals surface area contributed by atoms with Crippen LogP contribution in [0.1, 0.15) is 0 Å². The van der Waals surface area contributed by atoms with E-state index in [1.807, 2.05) is 35.0 Å². The summed E-state index contributed by atoms with van der Waals surface area (Å²) in [4.78, 5) is 12.8. The Balaban J connectivity index is 2.20. The third-order valence-corrected chi connectivity index (χ3v) is 2.44.